The summed E-state index contributed by atoms with van der Waals surface area (Å²) in [4.78, 5) is 0. The van der Waals surface area contributed by atoms with E-state index in [1.165, 1.54) is 57.8 Å². The van der Waals surface area contributed by atoms with Crippen LogP contribution in [0.5, 0.6) is 0 Å². The first-order valence-electron chi connectivity index (χ1n) is 7.60. The second-order valence-corrected chi connectivity index (χ2v) is 5.64. The summed E-state index contributed by atoms with van der Waals surface area (Å²) in [5.41, 5.74) is 0. The van der Waals surface area contributed by atoms with Crippen LogP contribution in [0.3, 0.4) is 0 Å². The Labute approximate surface area is 107 Å². The van der Waals surface area contributed by atoms with Gasteiger partial charge in [0.05, 0.1) is 6.10 Å². The van der Waals surface area contributed by atoms with Gasteiger partial charge in [-0.05, 0) is 25.2 Å². The van der Waals surface area contributed by atoms with Gasteiger partial charge in [0.15, 0.2) is 0 Å². The molecule has 100 valence electrons. The minimum Gasteiger partial charge on any atom is -0.392 e. The van der Waals surface area contributed by atoms with E-state index < -0.39 is 0 Å². The highest BCUT2D eigenvalue weighted by atomic mass is 16.3. The van der Waals surface area contributed by atoms with Crippen molar-refractivity contribution in [3.8, 4) is 0 Å². The molecule has 0 aliphatic heterocycles. The first kappa shape index (κ1) is 14.8. The molecule has 1 nitrogen and oxygen atoms in total. The fourth-order valence-corrected chi connectivity index (χ4v) is 3.06. The van der Waals surface area contributed by atoms with E-state index in [1.54, 1.807) is 0 Å². The van der Waals surface area contributed by atoms with Crippen molar-refractivity contribution in [2.24, 2.45) is 11.8 Å². The molecule has 2 unspecified atom stereocenters. The lowest BCUT2D eigenvalue weighted by molar-refractivity contribution is 0.0462. The molecule has 0 aromatic rings. The van der Waals surface area contributed by atoms with Crippen LogP contribution >= 0.6 is 0 Å². The topological polar surface area (TPSA) is 20.2 Å². The first-order chi connectivity index (χ1) is 8.29. The molecule has 1 aliphatic carbocycles. The van der Waals surface area contributed by atoms with Crippen LogP contribution in [0.2, 0.25) is 0 Å². The Morgan fingerprint density at radius 2 is 1.88 bits per heavy atom. The molecule has 0 aromatic carbocycles. The van der Waals surface area contributed by atoms with Crippen molar-refractivity contribution in [1.29, 1.82) is 0 Å². The van der Waals surface area contributed by atoms with Crippen LogP contribution in [0.25, 0.3) is 0 Å². The van der Waals surface area contributed by atoms with E-state index in [9.17, 15) is 5.11 Å². The molecule has 1 heteroatoms. The van der Waals surface area contributed by atoms with Crippen molar-refractivity contribution in [1.82, 2.24) is 0 Å². The molecule has 1 N–H and O–H groups in total. The molecule has 0 heterocycles. The first-order valence-corrected chi connectivity index (χ1v) is 7.60. The Hall–Kier alpha value is -0.300. The lowest BCUT2D eigenvalue weighted by atomic mass is 9.79. The zero-order valence-electron chi connectivity index (χ0n) is 11.5. The molecule has 1 rings (SSSR count). The van der Waals surface area contributed by atoms with Crippen LogP contribution in [0, 0.1) is 11.8 Å². The standard InChI is InChI=1S/C16H30O/c1-3-5-6-8-11-14(4-2)16(17)15-12-9-7-10-13-15/h4,14-17H,2-3,5-13H2,1H3. The minimum atomic E-state index is -0.130. The van der Waals surface area contributed by atoms with Gasteiger partial charge in [-0.15, -0.1) is 6.58 Å². The third-order valence-corrected chi connectivity index (χ3v) is 4.27. The maximum atomic E-state index is 10.4. The second-order valence-electron chi connectivity index (χ2n) is 5.64. The van der Waals surface area contributed by atoms with Crippen LogP contribution in [-0.4, -0.2) is 11.2 Å². The van der Waals surface area contributed by atoms with Gasteiger partial charge in [0.1, 0.15) is 0 Å². The smallest absolute Gasteiger partial charge is 0.0630 e. The van der Waals surface area contributed by atoms with Gasteiger partial charge < -0.3 is 5.11 Å². The third kappa shape index (κ3) is 5.25. The van der Waals surface area contributed by atoms with Gasteiger partial charge in [-0.2, -0.15) is 0 Å². The Balaban J connectivity index is 2.29. The average molecular weight is 238 g/mol. The highest BCUT2D eigenvalue weighted by Crippen LogP contribution is 2.31. The molecule has 0 saturated heterocycles. The van der Waals surface area contributed by atoms with E-state index in [1.807, 2.05) is 6.08 Å². The van der Waals surface area contributed by atoms with E-state index in [4.69, 9.17) is 0 Å². The quantitative estimate of drug-likeness (QED) is 0.480. The molecule has 1 fully saturated rings. The maximum absolute atomic E-state index is 10.4. The van der Waals surface area contributed by atoms with Crippen molar-refractivity contribution in [3.05, 3.63) is 12.7 Å². The molecule has 0 bridgehead atoms. The summed E-state index contributed by atoms with van der Waals surface area (Å²) in [6, 6.07) is 0. The number of rotatable bonds is 8. The number of hydrogen-bond donors (Lipinski definition) is 1. The van der Waals surface area contributed by atoms with Crippen molar-refractivity contribution in [2.75, 3.05) is 0 Å². The Morgan fingerprint density at radius 3 is 2.47 bits per heavy atom. The van der Waals surface area contributed by atoms with Gasteiger partial charge in [-0.1, -0.05) is 57.9 Å². The molecular formula is C16H30O. The van der Waals surface area contributed by atoms with E-state index in [2.05, 4.69) is 13.5 Å². The van der Waals surface area contributed by atoms with Crippen LogP contribution in [0.4, 0.5) is 0 Å². The van der Waals surface area contributed by atoms with Crippen molar-refractivity contribution in [3.63, 3.8) is 0 Å². The molecular weight excluding hydrogens is 208 g/mol. The van der Waals surface area contributed by atoms with Gasteiger partial charge in [-0.3, -0.25) is 0 Å². The second kappa shape index (κ2) is 8.74. The monoisotopic (exact) mass is 238 g/mol. The summed E-state index contributed by atoms with van der Waals surface area (Å²) in [7, 11) is 0. The Kier molecular flexibility index (Phi) is 7.59. The third-order valence-electron chi connectivity index (χ3n) is 4.27. The lowest BCUT2D eigenvalue weighted by Crippen LogP contribution is -2.29. The van der Waals surface area contributed by atoms with Gasteiger partial charge in [-0.25, -0.2) is 0 Å². The fourth-order valence-electron chi connectivity index (χ4n) is 3.06. The molecule has 1 saturated carbocycles. The molecule has 2 atom stereocenters. The molecule has 1 aliphatic rings. The molecule has 0 spiro atoms. The van der Waals surface area contributed by atoms with Crippen LogP contribution in [0.15, 0.2) is 12.7 Å². The average Bonchev–Trinajstić information content (AvgIpc) is 2.39. The summed E-state index contributed by atoms with van der Waals surface area (Å²) in [6.45, 7) is 6.15. The van der Waals surface area contributed by atoms with E-state index in [0.29, 0.717) is 11.8 Å². The van der Waals surface area contributed by atoms with Crippen LogP contribution in [0.1, 0.15) is 71.1 Å². The zero-order chi connectivity index (χ0) is 12.5. The largest absolute Gasteiger partial charge is 0.392 e. The van der Waals surface area contributed by atoms with Gasteiger partial charge in [0.2, 0.25) is 0 Å². The van der Waals surface area contributed by atoms with Gasteiger partial charge in [0, 0.05) is 5.92 Å². The van der Waals surface area contributed by atoms with Gasteiger partial charge in [0.25, 0.3) is 0 Å². The number of unbranched alkanes of at least 4 members (excludes halogenated alkanes) is 3. The summed E-state index contributed by atoms with van der Waals surface area (Å²) >= 11 is 0. The summed E-state index contributed by atoms with van der Waals surface area (Å²) in [6.07, 6.45) is 14.6. The summed E-state index contributed by atoms with van der Waals surface area (Å²) < 4.78 is 0. The SMILES string of the molecule is C=CC(CCCCCC)C(O)C1CCCCC1. The van der Waals surface area contributed by atoms with E-state index in [0.717, 1.165) is 6.42 Å². The highest BCUT2D eigenvalue weighted by Gasteiger charge is 2.26. The zero-order valence-corrected chi connectivity index (χ0v) is 11.5. The minimum absolute atomic E-state index is 0.130. The number of aliphatic hydroxyl groups excluding tert-OH is 1. The van der Waals surface area contributed by atoms with E-state index in [-0.39, 0.29) is 6.10 Å². The summed E-state index contributed by atoms with van der Waals surface area (Å²) in [5, 5.41) is 10.4. The van der Waals surface area contributed by atoms with Crippen molar-refractivity contribution < 1.29 is 5.11 Å². The van der Waals surface area contributed by atoms with Crippen molar-refractivity contribution in [2.45, 2.75) is 77.2 Å². The fraction of sp³-hybridized carbons (Fsp3) is 0.875. The van der Waals surface area contributed by atoms with Crippen LogP contribution in [-0.2, 0) is 0 Å². The highest BCUT2D eigenvalue weighted by molar-refractivity contribution is 4.88. The predicted octanol–water partition coefficient (Wildman–Crippen LogP) is 4.70. The molecule has 0 aromatic heterocycles. The number of aliphatic hydroxyl groups is 1. The molecule has 0 amide bonds. The van der Waals surface area contributed by atoms with Crippen LogP contribution < -0.4 is 0 Å². The summed E-state index contributed by atoms with van der Waals surface area (Å²) in [5.74, 6) is 0.868. The normalized spacial score (nSPS) is 21.1. The van der Waals surface area contributed by atoms with Gasteiger partial charge >= 0.3 is 0 Å². The van der Waals surface area contributed by atoms with E-state index >= 15 is 0 Å². The van der Waals surface area contributed by atoms with Crippen molar-refractivity contribution >= 4 is 0 Å². The lowest BCUT2D eigenvalue weighted by Gasteiger charge is -2.31. The molecule has 17 heavy (non-hydrogen) atoms. The maximum Gasteiger partial charge on any atom is 0.0630 e. The molecule has 0 radical (unpaired) electrons. The number of hydrogen-bond acceptors (Lipinski definition) is 1. The Morgan fingerprint density at radius 1 is 1.18 bits per heavy atom. The predicted molar refractivity (Wildman–Crippen MR) is 75.0 cm³/mol. The Bertz CT molecular complexity index is 194.